The molecule has 1 saturated heterocycles. The second kappa shape index (κ2) is 8.83. The van der Waals surface area contributed by atoms with E-state index < -0.39 is 22.0 Å². The minimum absolute atomic E-state index is 0.0719. The summed E-state index contributed by atoms with van der Waals surface area (Å²) in [6.07, 6.45) is 2.35. The summed E-state index contributed by atoms with van der Waals surface area (Å²) in [7, 11) is -3.83. The van der Waals surface area contributed by atoms with Crippen LogP contribution in [0, 0.1) is 0 Å². The zero-order valence-corrected chi connectivity index (χ0v) is 18.8. The highest BCUT2D eigenvalue weighted by Crippen LogP contribution is 2.32. The van der Waals surface area contributed by atoms with Crippen molar-refractivity contribution in [2.75, 3.05) is 27.3 Å². The van der Waals surface area contributed by atoms with Crippen LogP contribution in [0.4, 0.5) is 17.1 Å². The van der Waals surface area contributed by atoms with Crippen molar-refractivity contribution in [3.8, 4) is 0 Å². The van der Waals surface area contributed by atoms with E-state index in [0.717, 1.165) is 22.7 Å². The average Bonchev–Trinajstić information content (AvgIpc) is 3.10. The molecule has 1 heterocycles. The lowest BCUT2D eigenvalue weighted by Gasteiger charge is -2.29. The van der Waals surface area contributed by atoms with Gasteiger partial charge in [-0.25, -0.2) is 8.42 Å². The van der Waals surface area contributed by atoms with Crippen molar-refractivity contribution in [1.82, 2.24) is 0 Å². The zero-order chi connectivity index (χ0) is 22.1. The Balaban J connectivity index is 1.80. The van der Waals surface area contributed by atoms with Crippen LogP contribution in [-0.2, 0) is 19.6 Å². The summed E-state index contributed by atoms with van der Waals surface area (Å²) in [6.45, 7) is 2.14. The van der Waals surface area contributed by atoms with E-state index in [-0.39, 0.29) is 16.6 Å². The molecule has 1 N–H and O–H groups in total. The number of hydrogen-bond acceptors (Lipinski definition) is 4. The summed E-state index contributed by atoms with van der Waals surface area (Å²) in [5.74, 6) is -0.468. The standard InChI is InChI=1S/C20H21Cl2N3O4S/c1-13(25(30(2,28)29)18-12-14(21)5-10-17(18)22)20(27)23-15-6-8-16(9-7-15)24-11-3-4-19(24)26/h5-10,12-13H,3-4,11H2,1-2H3,(H,23,27)/t13-/m1/s1. The number of rotatable bonds is 6. The molecule has 2 aromatic rings. The van der Waals surface area contributed by atoms with Crippen LogP contribution in [0.15, 0.2) is 42.5 Å². The number of hydrogen-bond donors (Lipinski definition) is 1. The Morgan fingerprint density at radius 1 is 1.17 bits per heavy atom. The molecule has 7 nitrogen and oxygen atoms in total. The van der Waals surface area contributed by atoms with Gasteiger partial charge in [0.05, 0.1) is 17.0 Å². The van der Waals surface area contributed by atoms with E-state index in [9.17, 15) is 18.0 Å². The molecule has 0 bridgehead atoms. The molecule has 10 heteroatoms. The number of nitrogens with one attached hydrogen (secondary N) is 1. The highest BCUT2D eigenvalue weighted by Gasteiger charge is 2.31. The van der Waals surface area contributed by atoms with Gasteiger partial charge in [0.15, 0.2) is 0 Å². The van der Waals surface area contributed by atoms with Crippen molar-refractivity contribution in [3.05, 3.63) is 52.5 Å². The zero-order valence-electron chi connectivity index (χ0n) is 16.4. The molecule has 0 aromatic heterocycles. The highest BCUT2D eigenvalue weighted by atomic mass is 35.5. The molecular weight excluding hydrogens is 449 g/mol. The fraction of sp³-hybridized carbons (Fsp3) is 0.300. The van der Waals surface area contributed by atoms with Crippen molar-refractivity contribution in [1.29, 1.82) is 0 Å². The van der Waals surface area contributed by atoms with Gasteiger partial charge >= 0.3 is 0 Å². The molecule has 0 aliphatic carbocycles. The molecule has 0 saturated carbocycles. The quantitative estimate of drug-likeness (QED) is 0.694. The second-order valence-corrected chi connectivity index (χ2v) is 9.72. The van der Waals surface area contributed by atoms with Gasteiger partial charge in [0, 0.05) is 29.4 Å². The third-order valence-electron chi connectivity index (χ3n) is 4.75. The monoisotopic (exact) mass is 469 g/mol. The third kappa shape index (κ3) is 4.88. The van der Waals surface area contributed by atoms with Crippen LogP contribution < -0.4 is 14.5 Å². The van der Waals surface area contributed by atoms with E-state index in [2.05, 4.69) is 5.32 Å². The van der Waals surface area contributed by atoms with Gasteiger partial charge in [-0.05, 0) is 55.8 Å². The van der Waals surface area contributed by atoms with Crippen molar-refractivity contribution < 1.29 is 18.0 Å². The van der Waals surface area contributed by atoms with Crippen LogP contribution in [-0.4, -0.2) is 39.1 Å². The lowest BCUT2D eigenvalue weighted by Crippen LogP contribution is -2.45. The van der Waals surface area contributed by atoms with E-state index in [1.807, 2.05) is 0 Å². The average molecular weight is 470 g/mol. The molecule has 3 rings (SSSR count). The SMILES string of the molecule is C[C@H](C(=O)Nc1ccc(N2CCCC2=O)cc1)N(c1cc(Cl)ccc1Cl)S(C)(=O)=O. The minimum Gasteiger partial charge on any atom is -0.324 e. The molecule has 2 amide bonds. The smallest absolute Gasteiger partial charge is 0.247 e. The second-order valence-electron chi connectivity index (χ2n) is 7.02. The molecule has 1 atom stereocenters. The maximum absolute atomic E-state index is 12.8. The van der Waals surface area contributed by atoms with Crippen molar-refractivity contribution in [2.24, 2.45) is 0 Å². The molecular formula is C20H21Cl2N3O4S. The molecule has 1 aliphatic heterocycles. The van der Waals surface area contributed by atoms with Crippen molar-refractivity contribution in [2.45, 2.75) is 25.8 Å². The predicted octanol–water partition coefficient (Wildman–Crippen LogP) is 3.91. The molecule has 30 heavy (non-hydrogen) atoms. The van der Waals surface area contributed by atoms with E-state index >= 15 is 0 Å². The number of anilines is 3. The Morgan fingerprint density at radius 2 is 1.83 bits per heavy atom. The highest BCUT2D eigenvalue weighted by molar-refractivity contribution is 7.92. The van der Waals surface area contributed by atoms with Crippen LogP contribution in [0.1, 0.15) is 19.8 Å². The first-order chi connectivity index (χ1) is 14.1. The van der Waals surface area contributed by atoms with Crippen LogP contribution in [0.2, 0.25) is 10.0 Å². The van der Waals surface area contributed by atoms with Gasteiger partial charge in [0.1, 0.15) is 6.04 Å². The van der Waals surface area contributed by atoms with Gasteiger partial charge in [-0.3, -0.25) is 13.9 Å². The van der Waals surface area contributed by atoms with Gasteiger partial charge in [-0.15, -0.1) is 0 Å². The van der Waals surface area contributed by atoms with Gasteiger partial charge in [0.25, 0.3) is 0 Å². The Kier molecular flexibility index (Phi) is 6.59. The van der Waals surface area contributed by atoms with E-state index in [0.29, 0.717) is 23.7 Å². The first-order valence-corrected chi connectivity index (χ1v) is 11.8. The van der Waals surface area contributed by atoms with Crippen LogP contribution in [0.3, 0.4) is 0 Å². The van der Waals surface area contributed by atoms with Gasteiger partial charge in [-0.2, -0.15) is 0 Å². The molecule has 2 aromatic carbocycles. The first-order valence-electron chi connectivity index (χ1n) is 9.23. The summed E-state index contributed by atoms with van der Waals surface area (Å²) < 4.78 is 25.8. The van der Waals surface area contributed by atoms with E-state index in [1.54, 1.807) is 29.2 Å². The summed E-state index contributed by atoms with van der Waals surface area (Å²) in [6, 6.07) is 10.1. The molecule has 0 unspecified atom stereocenters. The number of benzene rings is 2. The normalized spacial score (nSPS) is 15.2. The van der Waals surface area contributed by atoms with Crippen LogP contribution >= 0.6 is 23.2 Å². The Morgan fingerprint density at radius 3 is 2.40 bits per heavy atom. The molecule has 1 aliphatic rings. The van der Waals surface area contributed by atoms with Gasteiger partial charge in [-0.1, -0.05) is 23.2 Å². The summed E-state index contributed by atoms with van der Waals surface area (Å²) in [5, 5.41) is 3.15. The number of carbonyl (C=O) groups excluding carboxylic acids is 2. The number of nitrogens with zero attached hydrogens (tertiary/aromatic N) is 2. The number of sulfonamides is 1. The van der Waals surface area contributed by atoms with E-state index in [4.69, 9.17) is 23.2 Å². The maximum Gasteiger partial charge on any atom is 0.247 e. The van der Waals surface area contributed by atoms with E-state index in [1.165, 1.54) is 25.1 Å². The molecule has 160 valence electrons. The fourth-order valence-corrected chi connectivity index (χ4v) is 4.93. The van der Waals surface area contributed by atoms with Gasteiger partial charge in [0.2, 0.25) is 21.8 Å². The topological polar surface area (TPSA) is 86.8 Å². The number of halogens is 2. The fourth-order valence-electron chi connectivity index (χ4n) is 3.33. The number of amides is 2. The van der Waals surface area contributed by atoms with Crippen molar-refractivity contribution in [3.63, 3.8) is 0 Å². The Labute approximate surface area is 185 Å². The summed E-state index contributed by atoms with van der Waals surface area (Å²) >= 11 is 12.2. The summed E-state index contributed by atoms with van der Waals surface area (Å²) in [5.41, 5.74) is 1.36. The Bertz CT molecular complexity index is 1070. The van der Waals surface area contributed by atoms with Crippen LogP contribution in [0.25, 0.3) is 0 Å². The lowest BCUT2D eigenvalue weighted by atomic mass is 10.2. The minimum atomic E-state index is -3.83. The van der Waals surface area contributed by atoms with Gasteiger partial charge < -0.3 is 10.2 Å². The lowest BCUT2D eigenvalue weighted by molar-refractivity contribution is -0.117. The first kappa shape index (κ1) is 22.4. The third-order valence-corrected chi connectivity index (χ3v) is 6.54. The van der Waals surface area contributed by atoms with Crippen molar-refractivity contribution >= 4 is 62.1 Å². The Hall–Kier alpha value is -2.29. The molecule has 0 spiro atoms. The maximum atomic E-state index is 12.8. The number of carbonyl (C=O) groups is 2. The summed E-state index contributed by atoms with van der Waals surface area (Å²) in [4.78, 5) is 26.4. The largest absolute Gasteiger partial charge is 0.324 e. The predicted molar refractivity (Wildman–Crippen MR) is 120 cm³/mol. The molecule has 1 fully saturated rings. The molecule has 0 radical (unpaired) electrons. The van der Waals surface area contributed by atoms with Crippen LogP contribution in [0.5, 0.6) is 0 Å².